The van der Waals surface area contributed by atoms with E-state index < -0.39 is 10.0 Å². The number of halogens is 1. The summed E-state index contributed by atoms with van der Waals surface area (Å²) in [5, 5.41) is 0.433. The lowest BCUT2D eigenvalue weighted by molar-refractivity contribution is 0.00298. The number of nitrogens with zero attached hydrogens (tertiary/aromatic N) is 3. The van der Waals surface area contributed by atoms with E-state index >= 15 is 0 Å². The van der Waals surface area contributed by atoms with Crippen LogP contribution in [0.4, 0.5) is 0 Å². The number of ether oxygens (including phenoxy) is 1. The molecule has 0 N–H and O–H groups in total. The third-order valence-electron chi connectivity index (χ3n) is 5.78. The molecule has 0 aliphatic carbocycles. The van der Waals surface area contributed by atoms with Gasteiger partial charge in [-0.15, -0.1) is 0 Å². The third kappa shape index (κ3) is 3.84. The molecule has 2 aromatic rings. The van der Waals surface area contributed by atoms with Gasteiger partial charge in [-0.2, -0.15) is 4.31 Å². The lowest BCUT2D eigenvalue weighted by Gasteiger charge is -2.53. The van der Waals surface area contributed by atoms with E-state index in [0.717, 1.165) is 12.8 Å². The van der Waals surface area contributed by atoms with Gasteiger partial charge in [0.1, 0.15) is 5.75 Å². The first-order valence-electron chi connectivity index (χ1n) is 9.37. The highest BCUT2D eigenvalue weighted by Crippen LogP contribution is 2.43. The fourth-order valence-electron chi connectivity index (χ4n) is 3.98. The quantitative estimate of drug-likeness (QED) is 0.737. The van der Waals surface area contributed by atoms with Gasteiger partial charge in [0.15, 0.2) is 0 Å². The summed E-state index contributed by atoms with van der Waals surface area (Å²) in [6, 6.07) is 8.06. The van der Waals surface area contributed by atoms with Crippen molar-refractivity contribution in [2.45, 2.75) is 17.7 Å². The average Bonchev–Trinajstić information content (AvgIpc) is 2.71. The SMILES string of the molecule is COc1ccc(S(=O)(=O)N2CC3(CCN(C(=O)c4cncc(Cl)c4)CC3)C2)cc1. The summed E-state index contributed by atoms with van der Waals surface area (Å²) in [5.74, 6) is 0.535. The second-order valence-corrected chi connectivity index (χ2v) is 10.0. The van der Waals surface area contributed by atoms with Crippen LogP contribution in [0.5, 0.6) is 5.75 Å². The van der Waals surface area contributed by atoms with Gasteiger partial charge in [-0.05, 0) is 43.2 Å². The van der Waals surface area contributed by atoms with Crippen LogP contribution in [0, 0.1) is 5.41 Å². The number of amides is 1. The normalized spacial score (nSPS) is 19.0. The Morgan fingerprint density at radius 2 is 1.79 bits per heavy atom. The minimum absolute atomic E-state index is 0.0527. The van der Waals surface area contributed by atoms with E-state index in [4.69, 9.17) is 16.3 Å². The average molecular weight is 436 g/mol. The van der Waals surface area contributed by atoms with E-state index in [1.54, 1.807) is 42.3 Å². The van der Waals surface area contributed by atoms with Crippen molar-refractivity contribution in [1.82, 2.24) is 14.2 Å². The van der Waals surface area contributed by atoms with E-state index in [1.807, 2.05) is 0 Å². The molecule has 2 aliphatic heterocycles. The van der Waals surface area contributed by atoms with Gasteiger partial charge in [0.25, 0.3) is 5.91 Å². The highest BCUT2D eigenvalue weighted by Gasteiger charge is 2.49. The molecule has 2 fully saturated rings. The van der Waals surface area contributed by atoms with Crippen LogP contribution in [0.2, 0.25) is 5.02 Å². The number of carbonyl (C=O) groups is 1. The first-order valence-corrected chi connectivity index (χ1v) is 11.2. The summed E-state index contributed by atoms with van der Waals surface area (Å²) in [5.41, 5.74) is 0.425. The minimum atomic E-state index is -3.51. The minimum Gasteiger partial charge on any atom is -0.497 e. The largest absolute Gasteiger partial charge is 0.497 e. The van der Waals surface area contributed by atoms with Crippen molar-refractivity contribution in [3.8, 4) is 5.75 Å². The number of aromatic nitrogens is 1. The summed E-state index contributed by atoms with van der Waals surface area (Å²) in [4.78, 5) is 18.7. The molecule has 1 amide bonds. The molecule has 154 valence electrons. The van der Waals surface area contributed by atoms with Crippen molar-refractivity contribution in [3.05, 3.63) is 53.3 Å². The fourth-order valence-corrected chi connectivity index (χ4v) is 5.82. The summed E-state index contributed by atoms with van der Waals surface area (Å²) in [6.07, 6.45) is 4.57. The number of sulfonamides is 1. The molecule has 29 heavy (non-hydrogen) atoms. The predicted molar refractivity (Wildman–Crippen MR) is 109 cm³/mol. The number of piperidine rings is 1. The fraction of sp³-hybridized carbons (Fsp3) is 0.400. The zero-order chi connectivity index (χ0) is 20.6. The van der Waals surface area contributed by atoms with E-state index in [-0.39, 0.29) is 16.2 Å². The molecule has 3 heterocycles. The number of likely N-dealkylation sites (tertiary alicyclic amines) is 1. The zero-order valence-electron chi connectivity index (χ0n) is 16.0. The Hall–Kier alpha value is -2.16. The maximum Gasteiger partial charge on any atom is 0.255 e. The van der Waals surface area contributed by atoms with Gasteiger partial charge in [-0.1, -0.05) is 11.6 Å². The van der Waals surface area contributed by atoms with Crippen molar-refractivity contribution >= 4 is 27.5 Å². The Kier molecular flexibility index (Phi) is 5.27. The number of benzene rings is 1. The Morgan fingerprint density at radius 1 is 1.14 bits per heavy atom. The van der Waals surface area contributed by atoms with Gasteiger partial charge in [0, 0.05) is 44.0 Å². The Bertz CT molecular complexity index is 1010. The Morgan fingerprint density at radius 3 is 2.38 bits per heavy atom. The highest BCUT2D eigenvalue weighted by molar-refractivity contribution is 7.89. The van der Waals surface area contributed by atoms with Crippen LogP contribution in [0.25, 0.3) is 0 Å². The second kappa shape index (κ2) is 7.59. The standard InChI is InChI=1S/C20H22ClN3O4S/c1-28-17-2-4-18(5-3-17)29(26,27)24-13-20(14-24)6-8-23(9-7-20)19(25)15-10-16(21)12-22-11-15/h2-5,10-12H,6-9,13-14H2,1H3. The lowest BCUT2D eigenvalue weighted by Crippen LogP contribution is -2.62. The number of pyridine rings is 1. The number of rotatable bonds is 4. The maximum absolute atomic E-state index is 12.8. The summed E-state index contributed by atoms with van der Waals surface area (Å²) in [7, 11) is -1.96. The highest BCUT2D eigenvalue weighted by atomic mass is 35.5. The molecule has 2 saturated heterocycles. The van der Waals surface area contributed by atoms with Crippen LogP contribution < -0.4 is 4.74 Å². The van der Waals surface area contributed by atoms with Crippen LogP contribution in [0.3, 0.4) is 0 Å². The van der Waals surface area contributed by atoms with Crippen LogP contribution in [0.1, 0.15) is 23.2 Å². The molecule has 1 aromatic carbocycles. The second-order valence-electron chi connectivity index (χ2n) is 7.63. The smallest absolute Gasteiger partial charge is 0.255 e. The van der Waals surface area contributed by atoms with Gasteiger partial charge in [0.2, 0.25) is 10.0 Å². The van der Waals surface area contributed by atoms with Crippen molar-refractivity contribution < 1.29 is 17.9 Å². The van der Waals surface area contributed by atoms with E-state index in [1.165, 1.54) is 16.7 Å². The van der Waals surface area contributed by atoms with E-state index in [9.17, 15) is 13.2 Å². The van der Waals surface area contributed by atoms with Gasteiger partial charge in [0.05, 0.1) is 22.6 Å². The molecule has 4 rings (SSSR count). The predicted octanol–water partition coefficient (Wildman–Crippen LogP) is 2.67. The number of carbonyl (C=O) groups excluding carboxylic acids is 1. The Balaban J connectivity index is 1.37. The Labute approximate surface area is 175 Å². The molecule has 0 saturated carbocycles. The number of hydrogen-bond donors (Lipinski definition) is 0. The molecule has 0 radical (unpaired) electrons. The van der Waals surface area contributed by atoms with Crippen LogP contribution in [-0.2, 0) is 10.0 Å². The molecular formula is C20H22ClN3O4S. The third-order valence-corrected chi connectivity index (χ3v) is 7.80. The maximum atomic E-state index is 12.8. The van der Waals surface area contributed by atoms with Crippen molar-refractivity contribution in [1.29, 1.82) is 0 Å². The van der Waals surface area contributed by atoms with E-state index in [0.29, 0.717) is 42.5 Å². The van der Waals surface area contributed by atoms with Crippen LogP contribution in [-0.4, -0.2) is 61.8 Å². The molecule has 9 heteroatoms. The summed E-state index contributed by atoms with van der Waals surface area (Å²) >= 11 is 5.93. The molecule has 0 bridgehead atoms. The zero-order valence-corrected chi connectivity index (χ0v) is 17.6. The first kappa shape index (κ1) is 20.1. The van der Waals surface area contributed by atoms with E-state index in [2.05, 4.69) is 4.98 Å². The number of hydrogen-bond acceptors (Lipinski definition) is 5. The first-order chi connectivity index (χ1) is 13.8. The van der Waals surface area contributed by atoms with Gasteiger partial charge in [-0.3, -0.25) is 9.78 Å². The molecule has 0 unspecified atom stereocenters. The lowest BCUT2D eigenvalue weighted by atomic mass is 9.73. The van der Waals surface area contributed by atoms with Gasteiger partial charge in [-0.25, -0.2) is 8.42 Å². The molecule has 1 spiro atoms. The van der Waals surface area contributed by atoms with Crippen molar-refractivity contribution in [2.24, 2.45) is 5.41 Å². The summed E-state index contributed by atoms with van der Waals surface area (Å²) < 4.78 is 32.3. The van der Waals surface area contributed by atoms with Crippen LogP contribution in [0.15, 0.2) is 47.6 Å². The van der Waals surface area contributed by atoms with Crippen molar-refractivity contribution in [3.63, 3.8) is 0 Å². The summed E-state index contributed by atoms with van der Waals surface area (Å²) in [6.45, 7) is 2.17. The number of methoxy groups -OCH3 is 1. The molecule has 2 aliphatic rings. The monoisotopic (exact) mass is 435 g/mol. The van der Waals surface area contributed by atoms with Gasteiger partial charge >= 0.3 is 0 Å². The topological polar surface area (TPSA) is 79.8 Å². The molecular weight excluding hydrogens is 414 g/mol. The van der Waals surface area contributed by atoms with Crippen LogP contribution >= 0.6 is 11.6 Å². The molecule has 1 aromatic heterocycles. The van der Waals surface area contributed by atoms with Gasteiger partial charge < -0.3 is 9.64 Å². The molecule has 0 atom stereocenters. The molecule has 7 nitrogen and oxygen atoms in total. The van der Waals surface area contributed by atoms with Crippen molar-refractivity contribution in [2.75, 3.05) is 33.3 Å².